The van der Waals surface area contributed by atoms with Crippen LogP contribution in [-0.4, -0.2) is 49.3 Å². The van der Waals surface area contributed by atoms with Gasteiger partial charge in [-0.1, -0.05) is 0 Å². The Morgan fingerprint density at radius 3 is 2.22 bits per heavy atom. The molecule has 0 aliphatic carbocycles. The minimum Gasteiger partial charge on any atom is -0.394 e. The molecule has 6 nitrogen and oxygen atoms in total. The number of likely N-dealkylation sites (N-methyl/N-ethyl adjacent to an activating group) is 1. The Balaban J connectivity index is 2.73. The predicted octanol–water partition coefficient (Wildman–Crippen LogP) is -0.561. The highest BCUT2D eigenvalue weighted by Crippen LogP contribution is 2.19. The first-order valence-electron chi connectivity index (χ1n) is 5.89. The van der Waals surface area contributed by atoms with Crippen LogP contribution >= 0.6 is 0 Å². The smallest absolute Gasteiger partial charge is 0.253 e. The average molecular weight is 255 g/mol. The van der Waals surface area contributed by atoms with E-state index in [0.717, 1.165) is 6.54 Å². The van der Waals surface area contributed by atoms with Crippen molar-refractivity contribution < 1.29 is 5.11 Å². The second-order valence-corrected chi connectivity index (χ2v) is 5.31. The van der Waals surface area contributed by atoms with Gasteiger partial charge >= 0.3 is 0 Å². The maximum atomic E-state index is 11.5. The molecule has 0 radical (unpaired) electrons. The zero-order chi connectivity index (χ0) is 13.9. The largest absolute Gasteiger partial charge is 0.394 e. The van der Waals surface area contributed by atoms with Gasteiger partial charge in [0.05, 0.1) is 12.1 Å². The summed E-state index contributed by atoms with van der Waals surface area (Å²) in [4.78, 5) is 24.9. The van der Waals surface area contributed by atoms with E-state index < -0.39 is 16.4 Å². The van der Waals surface area contributed by atoms with Gasteiger partial charge in [0, 0.05) is 13.1 Å². The number of hydrogen-bond acceptors (Lipinski definition) is 6. The molecule has 0 amide bonds. The SMILES string of the molecule is CN(C)CCNc1c(NC(C)(C)CO)c(=O)c1=O. The molecule has 0 saturated heterocycles. The van der Waals surface area contributed by atoms with Crippen LogP contribution in [0.25, 0.3) is 0 Å². The van der Waals surface area contributed by atoms with Gasteiger partial charge in [-0.05, 0) is 27.9 Å². The van der Waals surface area contributed by atoms with Gasteiger partial charge in [-0.3, -0.25) is 9.59 Å². The lowest BCUT2D eigenvalue weighted by Gasteiger charge is -2.27. The van der Waals surface area contributed by atoms with Crippen molar-refractivity contribution in [1.82, 2.24) is 4.90 Å². The molecule has 6 heteroatoms. The van der Waals surface area contributed by atoms with Crippen molar-refractivity contribution in [3.8, 4) is 0 Å². The van der Waals surface area contributed by atoms with Crippen molar-refractivity contribution in [1.29, 1.82) is 0 Å². The van der Waals surface area contributed by atoms with Crippen LogP contribution in [-0.2, 0) is 0 Å². The van der Waals surface area contributed by atoms with Crippen LogP contribution in [0, 0.1) is 0 Å². The zero-order valence-corrected chi connectivity index (χ0v) is 11.3. The summed E-state index contributed by atoms with van der Waals surface area (Å²) in [5.74, 6) is 0. The Kier molecular flexibility index (Phi) is 4.48. The number of rotatable bonds is 7. The van der Waals surface area contributed by atoms with Crippen molar-refractivity contribution >= 4 is 11.4 Å². The molecule has 1 rings (SSSR count). The topological polar surface area (TPSA) is 81.7 Å². The molecule has 0 spiro atoms. The first-order valence-corrected chi connectivity index (χ1v) is 5.89. The van der Waals surface area contributed by atoms with Crippen molar-refractivity contribution in [2.24, 2.45) is 0 Å². The fourth-order valence-corrected chi connectivity index (χ4v) is 1.46. The molecule has 0 unspecified atom stereocenters. The van der Waals surface area contributed by atoms with Crippen molar-refractivity contribution in [2.45, 2.75) is 19.4 Å². The molecule has 0 atom stereocenters. The summed E-state index contributed by atoms with van der Waals surface area (Å²) in [6, 6.07) is 0. The van der Waals surface area contributed by atoms with E-state index in [1.165, 1.54) is 0 Å². The molecule has 0 fully saturated rings. The van der Waals surface area contributed by atoms with Gasteiger partial charge in [0.2, 0.25) is 0 Å². The molecular weight excluding hydrogens is 234 g/mol. The van der Waals surface area contributed by atoms with Gasteiger partial charge in [0.25, 0.3) is 10.9 Å². The van der Waals surface area contributed by atoms with Gasteiger partial charge in [0.15, 0.2) is 0 Å². The quantitative estimate of drug-likeness (QED) is 0.567. The molecular formula is C12H21N3O3. The highest BCUT2D eigenvalue weighted by Gasteiger charge is 2.26. The maximum Gasteiger partial charge on any atom is 0.253 e. The van der Waals surface area contributed by atoms with Crippen molar-refractivity contribution in [3.05, 3.63) is 20.4 Å². The minimum absolute atomic E-state index is 0.122. The number of aliphatic hydroxyl groups excluding tert-OH is 1. The molecule has 0 aliphatic heterocycles. The lowest BCUT2D eigenvalue weighted by Crippen LogP contribution is -2.44. The lowest BCUT2D eigenvalue weighted by molar-refractivity contribution is 0.234. The number of aliphatic hydroxyl groups is 1. The van der Waals surface area contributed by atoms with Crippen LogP contribution in [0.3, 0.4) is 0 Å². The first kappa shape index (κ1) is 14.7. The molecule has 1 aromatic rings. The van der Waals surface area contributed by atoms with Crippen molar-refractivity contribution in [2.75, 3.05) is 44.4 Å². The zero-order valence-electron chi connectivity index (χ0n) is 11.3. The standard InChI is InChI=1S/C12H21N3O3/c1-12(2,7-16)14-9-8(10(17)11(9)18)13-5-6-15(3)4/h13-14,16H,5-7H2,1-4H3. The Morgan fingerprint density at radius 2 is 1.72 bits per heavy atom. The maximum absolute atomic E-state index is 11.5. The van der Waals surface area contributed by atoms with E-state index in [1.54, 1.807) is 13.8 Å². The van der Waals surface area contributed by atoms with E-state index in [2.05, 4.69) is 10.6 Å². The minimum atomic E-state index is -0.625. The fraction of sp³-hybridized carbons (Fsp3) is 0.667. The number of nitrogens with zero attached hydrogens (tertiary/aromatic N) is 1. The molecule has 0 aliphatic rings. The molecule has 0 saturated carbocycles. The Bertz CT molecular complexity index is 473. The van der Waals surface area contributed by atoms with E-state index in [4.69, 9.17) is 5.11 Å². The summed E-state index contributed by atoms with van der Waals surface area (Å²) in [6.07, 6.45) is 0. The Hall–Kier alpha value is -1.40. The second kappa shape index (κ2) is 5.49. The summed E-state index contributed by atoms with van der Waals surface area (Å²) >= 11 is 0. The van der Waals surface area contributed by atoms with Crippen LogP contribution < -0.4 is 21.5 Å². The van der Waals surface area contributed by atoms with Crippen LogP contribution in [0.5, 0.6) is 0 Å². The molecule has 0 aromatic heterocycles. The summed E-state index contributed by atoms with van der Waals surface area (Å²) < 4.78 is 0. The molecule has 1 aromatic carbocycles. The average Bonchev–Trinajstić information content (AvgIpc) is 2.31. The van der Waals surface area contributed by atoms with E-state index >= 15 is 0 Å². The van der Waals surface area contributed by atoms with Gasteiger partial charge < -0.3 is 20.6 Å². The Labute approximate surface area is 106 Å². The molecule has 3 N–H and O–H groups in total. The van der Waals surface area contributed by atoms with Gasteiger partial charge in [-0.25, -0.2) is 0 Å². The monoisotopic (exact) mass is 255 g/mol. The summed E-state index contributed by atoms with van der Waals surface area (Å²) in [5.41, 5.74) is -1.05. The summed E-state index contributed by atoms with van der Waals surface area (Å²) in [5, 5.41) is 15.0. The summed E-state index contributed by atoms with van der Waals surface area (Å²) in [6.45, 7) is 4.75. The Morgan fingerprint density at radius 1 is 1.17 bits per heavy atom. The van der Waals surface area contributed by atoms with Gasteiger partial charge in [-0.15, -0.1) is 0 Å². The predicted molar refractivity (Wildman–Crippen MR) is 73.2 cm³/mol. The third-order valence-electron chi connectivity index (χ3n) is 2.63. The van der Waals surface area contributed by atoms with Crippen LogP contribution in [0.15, 0.2) is 9.59 Å². The first-order chi connectivity index (χ1) is 8.28. The normalized spacial score (nSPS) is 12.1. The number of anilines is 2. The molecule has 0 bridgehead atoms. The second-order valence-electron chi connectivity index (χ2n) is 5.31. The molecule has 102 valence electrons. The van der Waals surface area contributed by atoms with Crippen LogP contribution in [0.4, 0.5) is 11.4 Å². The fourth-order valence-electron chi connectivity index (χ4n) is 1.46. The van der Waals surface area contributed by atoms with Crippen LogP contribution in [0.1, 0.15) is 13.8 Å². The lowest BCUT2D eigenvalue weighted by atomic mass is 10.0. The third-order valence-corrected chi connectivity index (χ3v) is 2.63. The van der Waals surface area contributed by atoms with E-state index in [0.29, 0.717) is 12.2 Å². The van der Waals surface area contributed by atoms with Gasteiger partial charge in [-0.2, -0.15) is 0 Å². The number of nitrogens with one attached hydrogen (secondary N) is 2. The van der Waals surface area contributed by atoms with Crippen LogP contribution in [0.2, 0.25) is 0 Å². The van der Waals surface area contributed by atoms with E-state index in [-0.39, 0.29) is 12.3 Å². The summed E-state index contributed by atoms with van der Waals surface area (Å²) in [7, 11) is 3.86. The number of hydrogen-bond donors (Lipinski definition) is 3. The molecule has 0 heterocycles. The van der Waals surface area contributed by atoms with E-state index in [9.17, 15) is 9.59 Å². The van der Waals surface area contributed by atoms with E-state index in [1.807, 2.05) is 19.0 Å². The molecule has 18 heavy (non-hydrogen) atoms. The highest BCUT2D eigenvalue weighted by molar-refractivity contribution is 5.74. The van der Waals surface area contributed by atoms with Gasteiger partial charge in [0.1, 0.15) is 11.4 Å². The third kappa shape index (κ3) is 3.30. The highest BCUT2D eigenvalue weighted by atomic mass is 16.3. The van der Waals surface area contributed by atoms with Crippen molar-refractivity contribution in [3.63, 3.8) is 0 Å².